The van der Waals surface area contributed by atoms with Gasteiger partial charge < -0.3 is 24.6 Å². The molecule has 1 unspecified atom stereocenters. The molecule has 10 nitrogen and oxygen atoms in total. The molecule has 0 aliphatic heterocycles. The molecule has 0 radical (unpaired) electrons. The summed E-state index contributed by atoms with van der Waals surface area (Å²) in [5.41, 5.74) is 0. The molecule has 0 aliphatic rings. The van der Waals surface area contributed by atoms with Crippen LogP contribution in [0.3, 0.4) is 0 Å². The molecule has 50 heavy (non-hydrogen) atoms. The molecule has 0 aliphatic carbocycles. The molecule has 0 rings (SSSR count). The van der Waals surface area contributed by atoms with E-state index in [2.05, 4.69) is 30.5 Å². The predicted molar refractivity (Wildman–Crippen MR) is 201 cm³/mol. The zero-order valence-electron chi connectivity index (χ0n) is 31.9. The lowest BCUT2D eigenvalue weighted by Crippen LogP contribution is -2.29. The Morgan fingerprint density at radius 3 is 1.50 bits per heavy atom. The summed E-state index contributed by atoms with van der Waals surface area (Å²) in [7, 11) is -4.61. The average Bonchev–Trinajstić information content (AvgIpc) is 3.10. The Hall–Kier alpha value is -1.29. The van der Waals surface area contributed by atoms with Crippen LogP contribution in [0.1, 0.15) is 187 Å². The number of aliphatic hydroxyl groups excluding tert-OH is 2. The number of carbonyl (C=O) groups excluding carboxylic acids is 2. The molecule has 0 fully saturated rings. The highest BCUT2D eigenvalue weighted by atomic mass is 31.2. The van der Waals surface area contributed by atoms with Crippen molar-refractivity contribution in [2.75, 3.05) is 26.4 Å². The fraction of sp³-hybridized carbons (Fsp3) is 0.897. The van der Waals surface area contributed by atoms with Crippen molar-refractivity contribution in [1.82, 2.24) is 0 Å². The molecule has 0 aromatic heterocycles. The number of rotatable bonds is 38. The van der Waals surface area contributed by atoms with Gasteiger partial charge in [0, 0.05) is 12.8 Å². The molecule has 0 amide bonds. The van der Waals surface area contributed by atoms with Crippen molar-refractivity contribution in [1.29, 1.82) is 0 Å². The second-order valence-electron chi connectivity index (χ2n) is 13.7. The summed E-state index contributed by atoms with van der Waals surface area (Å²) in [6, 6.07) is 0. The van der Waals surface area contributed by atoms with Crippen molar-refractivity contribution >= 4 is 19.8 Å². The summed E-state index contributed by atoms with van der Waals surface area (Å²) in [6.45, 7) is 2.34. The number of phosphoric acid groups is 1. The van der Waals surface area contributed by atoms with Gasteiger partial charge in [-0.2, -0.15) is 0 Å². The summed E-state index contributed by atoms with van der Waals surface area (Å²) < 4.78 is 32.6. The molecule has 3 N–H and O–H groups in total. The summed E-state index contributed by atoms with van der Waals surface area (Å²) in [4.78, 5) is 34.8. The van der Waals surface area contributed by atoms with Crippen molar-refractivity contribution in [2.24, 2.45) is 0 Å². The van der Waals surface area contributed by atoms with Gasteiger partial charge in [0.2, 0.25) is 0 Å². The van der Waals surface area contributed by atoms with Crippen LogP contribution in [-0.4, -0.2) is 65.7 Å². The van der Waals surface area contributed by atoms with Crippen LogP contribution in [0.15, 0.2) is 12.2 Å². The monoisotopic (exact) mass is 735 g/mol. The Morgan fingerprint density at radius 1 is 0.580 bits per heavy atom. The lowest BCUT2D eigenvalue weighted by molar-refractivity contribution is -0.161. The maximum atomic E-state index is 12.5. The van der Waals surface area contributed by atoms with Crippen LogP contribution >= 0.6 is 7.82 Å². The molecule has 0 bridgehead atoms. The quantitative estimate of drug-likeness (QED) is 0.0242. The average molecular weight is 735 g/mol. The molecule has 0 heterocycles. The Kier molecular flexibility index (Phi) is 35.2. The molecule has 0 spiro atoms. The predicted octanol–water partition coefficient (Wildman–Crippen LogP) is 10.1. The van der Waals surface area contributed by atoms with E-state index in [4.69, 9.17) is 19.1 Å². The molecule has 296 valence electrons. The van der Waals surface area contributed by atoms with E-state index in [0.29, 0.717) is 12.8 Å². The number of esters is 2. The van der Waals surface area contributed by atoms with Gasteiger partial charge in [-0.1, -0.05) is 154 Å². The number of unbranched alkanes of at least 4 members (excludes halogenated alkanes) is 22. The second-order valence-corrected chi connectivity index (χ2v) is 15.1. The number of hydrogen-bond acceptors (Lipinski definition) is 9. The van der Waals surface area contributed by atoms with E-state index in [1.165, 1.54) is 89.9 Å². The first-order valence-corrected chi connectivity index (χ1v) is 21.6. The summed E-state index contributed by atoms with van der Waals surface area (Å²) in [5, 5.41) is 18.3. The van der Waals surface area contributed by atoms with Crippen LogP contribution in [0, 0.1) is 0 Å². The summed E-state index contributed by atoms with van der Waals surface area (Å²) >= 11 is 0. The van der Waals surface area contributed by atoms with E-state index in [9.17, 15) is 24.2 Å². The van der Waals surface area contributed by atoms with Crippen LogP contribution in [0.2, 0.25) is 0 Å². The lowest BCUT2D eigenvalue weighted by Gasteiger charge is -2.20. The van der Waals surface area contributed by atoms with Gasteiger partial charge in [0.15, 0.2) is 6.10 Å². The van der Waals surface area contributed by atoms with Gasteiger partial charge in [-0.15, -0.1) is 0 Å². The zero-order valence-corrected chi connectivity index (χ0v) is 32.8. The van der Waals surface area contributed by atoms with Gasteiger partial charge in [-0.05, 0) is 32.1 Å². The molecule has 0 saturated heterocycles. The van der Waals surface area contributed by atoms with Gasteiger partial charge in [0.25, 0.3) is 0 Å². The Morgan fingerprint density at radius 2 is 1.00 bits per heavy atom. The maximum absolute atomic E-state index is 12.5. The number of allylic oxidation sites excluding steroid dienone is 2. The number of ether oxygens (including phenoxy) is 2. The van der Waals surface area contributed by atoms with Crippen LogP contribution in [0.5, 0.6) is 0 Å². The van der Waals surface area contributed by atoms with Crippen molar-refractivity contribution < 1.29 is 47.8 Å². The molecular weight excluding hydrogens is 659 g/mol. The summed E-state index contributed by atoms with van der Waals surface area (Å²) in [5.74, 6) is -0.929. The normalized spacial score (nSPS) is 14.1. The third kappa shape index (κ3) is 35.1. The third-order valence-electron chi connectivity index (χ3n) is 8.67. The molecular formula is C39H75O10P. The Bertz CT molecular complexity index is 853. The highest BCUT2D eigenvalue weighted by Gasteiger charge is 2.27. The fourth-order valence-electron chi connectivity index (χ4n) is 5.50. The maximum Gasteiger partial charge on any atom is 0.472 e. The van der Waals surface area contributed by atoms with Crippen LogP contribution in [-0.2, 0) is 32.7 Å². The first-order valence-electron chi connectivity index (χ1n) is 20.1. The van der Waals surface area contributed by atoms with Crippen molar-refractivity contribution in [3.8, 4) is 0 Å². The van der Waals surface area contributed by atoms with E-state index in [1.54, 1.807) is 0 Å². The van der Waals surface area contributed by atoms with Gasteiger partial charge in [0.05, 0.1) is 19.8 Å². The lowest BCUT2D eigenvalue weighted by atomic mass is 10.0. The first kappa shape index (κ1) is 48.7. The van der Waals surface area contributed by atoms with Crippen molar-refractivity contribution in [3.63, 3.8) is 0 Å². The van der Waals surface area contributed by atoms with E-state index < -0.39 is 51.8 Å². The van der Waals surface area contributed by atoms with E-state index in [-0.39, 0.29) is 19.4 Å². The van der Waals surface area contributed by atoms with E-state index >= 15 is 0 Å². The molecule has 11 heteroatoms. The van der Waals surface area contributed by atoms with Crippen LogP contribution in [0.4, 0.5) is 0 Å². The standard InChI is InChI=1S/C39H75O10P/c1-3-5-7-9-11-13-15-16-17-18-19-21-22-24-26-28-30-38(42)46-34-37(35-48-50(44,45)47-33-36(41)32-40)49-39(43)31-29-27-25-23-20-14-12-10-8-6-4-2/h10,12,36-37,40-41H,3-9,11,13-35H2,1-2H3,(H,44,45)/b12-10-/t36-,37+/m0/s1. The smallest absolute Gasteiger partial charge is 0.462 e. The van der Waals surface area contributed by atoms with Crippen molar-refractivity contribution in [2.45, 2.75) is 199 Å². The third-order valence-corrected chi connectivity index (χ3v) is 9.62. The Labute approximate surface area is 305 Å². The van der Waals surface area contributed by atoms with E-state index in [0.717, 1.165) is 57.8 Å². The number of carbonyl (C=O) groups is 2. The summed E-state index contributed by atoms with van der Waals surface area (Å²) in [6.07, 6.45) is 31.8. The largest absolute Gasteiger partial charge is 0.472 e. The topological polar surface area (TPSA) is 149 Å². The minimum atomic E-state index is -4.61. The minimum Gasteiger partial charge on any atom is -0.462 e. The van der Waals surface area contributed by atoms with Crippen LogP contribution < -0.4 is 0 Å². The Balaban J connectivity index is 4.28. The van der Waals surface area contributed by atoms with Gasteiger partial charge >= 0.3 is 19.8 Å². The number of aliphatic hydroxyl groups is 2. The van der Waals surface area contributed by atoms with Crippen molar-refractivity contribution in [3.05, 3.63) is 12.2 Å². The van der Waals surface area contributed by atoms with Crippen LogP contribution in [0.25, 0.3) is 0 Å². The van der Waals surface area contributed by atoms with Gasteiger partial charge in [-0.3, -0.25) is 18.6 Å². The molecule has 0 aromatic rings. The molecule has 0 saturated carbocycles. The zero-order chi connectivity index (χ0) is 37.0. The fourth-order valence-corrected chi connectivity index (χ4v) is 6.29. The number of hydrogen-bond donors (Lipinski definition) is 3. The van der Waals surface area contributed by atoms with Gasteiger partial charge in [0.1, 0.15) is 12.7 Å². The first-order chi connectivity index (χ1) is 24.2. The van der Waals surface area contributed by atoms with Gasteiger partial charge in [-0.25, -0.2) is 4.57 Å². The van der Waals surface area contributed by atoms with E-state index in [1.807, 2.05) is 0 Å². The second kappa shape index (κ2) is 36.1. The highest BCUT2D eigenvalue weighted by Crippen LogP contribution is 2.43. The highest BCUT2D eigenvalue weighted by molar-refractivity contribution is 7.47. The number of phosphoric ester groups is 1. The SMILES string of the molecule is CCCC/C=C\CCCCCCCC(=O)O[C@H](COC(=O)CCCCCCCCCCCCCCCCCC)COP(=O)(O)OC[C@@H](O)CO. The molecule has 0 aromatic carbocycles. The molecule has 3 atom stereocenters. The minimum absolute atomic E-state index is 0.177.